The van der Waals surface area contributed by atoms with Crippen molar-refractivity contribution < 1.29 is 9.53 Å². The number of rotatable bonds is 7. The Hall–Kier alpha value is -2.19. The molecule has 2 aliphatic heterocycles. The van der Waals surface area contributed by atoms with Crippen molar-refractivity contribution in [3.05, 3.63) is 17.7 Å². The number of nitrogens with zero attached hydrogens (tertiary/aromatic N) is 1. The van der Waals surface area contributed by atoms with Crippen molar-refractivity contribution >= 4 is 17.4 Å². The number of carbonyl (C=O) groups excluding carboxylic acids is 1. The molecule has 2 aliphatic rings. The SMILES string of the molecule is CNc1nc(OCC2CCNCC2)ccc1C(=N)C(=O)NC1CCNCC1. The van der Waals surface area contributed by atoms with E-state index in [0.717, 1.165) is 51.9 Å². The van der Waals surface area contributed by atoms with E-state index in [1.54, 1.807) is 19.2 Å². The minimum Gasteiger partial charge on any atom is -0.477 e. The van der Waals surface area contributed by atoms with Crippen LogP contribution in [0, 0.1) is 11.3 Å². The maximum Gasteiger partial charge on any atom is 0.270 e. The zero-order valence-corrected chi connectivity index (χ0v) is 15.9. The number of pyridine rings is 1. The molecule has 5 N–H and O–H groups in total. The summed E-state index contributed by atoms with van der Waals surface area (Å²) in [5.41, 5.74) is 0.411. The van der Waals surface area contributed by atoms with E-state index in [0.29, 0.717) is 29.8 Å². The Labute approximate surface area is 160 Å². The van der Waals surface area contributed by atoms with Gasteiger partial charge >= 0.3 is 0 Å². The van der Waals surface area contributed by atoms with Crippen LogP contribution in [-0.2, 0) is 4.79 Å². The maximum absolute atomic E-state index is 12.4. The second kappa shape index (κ2) is 9.66. The molecule has 0 saturated carbocycles. The van der Waals surface area contributed by atoms with Gasteiger partial charge in [0.25, 0.3) is 5.91 Å². The lowest BCUT2D eigenvalue weighted by Gasteiger charge is -2.24. The van der Waals surface area contributed by atoms with Gasteiger partial charge in [0.05, 0.1) is 6.61 Å². The molecule has 0 bridgehead atoms. The highest BCUT2D eigenvalue weighted by molar-refractivity contribution is 6.45. The molecule has 1 amide bonds. The number of nitrogens with one attached hydrogen (secondary N) is 5. The molecule has 3 heterocycles. The summed E-state index contributed by atoms with van der Waals surface area (Å²) in [7, 11) is 1.74. The Morgan fingerprint density at radius 3 is 2.52 bits per heavy atom. The first-order valence-corrected chi connectivity index (χ1v) is 9.80. The fourth-order valence-corrected chi connectivity index (χ4v) is 3.51. The molecule has 8 nitrogen and oxygen atoms in total. The summed E-state index contributed by atoms with van der Waals surface area (Å²) in [6.07, 6.45) is 4.00. The second-order valence-electron chi connectivity index (χ2n) is 7.17. The molecular weight excluding hydrogens is 344 g/mol. The molecule has 1 aromatic heterocycles. The van der Waals surface area contributed by atoms with E-state index in [2.05, 4.69) is 26.3 Å². The lowest BCUT2D eigenvalue weighted by molar-refractivity contribution is -0.115. The molecule has 1 aromatic rings. The number of ether oxygens (including phenoxy) is 1. The summed E-state index contributed by atoms with van der Waals surface area (Å²) in [6.45, 7) is 4.50. The zero-order valence-electron chi connectivity index (χ0n) is 15.9. The average molecular weight is 374 g/mol. The fourth-order valence-electron chi connectivity index (χ4n) is 3.51. The van der Waals surface area contributed by atoms with Crippen LogP contribution in [0.15, 0.2) is 12.1 Å². The molecule has 0 aliphatic carbocycles. The van der Waals surface area contributed by atoms with Crippen LogP contribution in [-0.4, -0.2) is 62.5 Å². The van der Waals surface area contributed by atoms with Gasteiger partial charge in [0, 0.05) is 24.7 Å². The predicted octanol–water partition coefficient (Wildman–Crippen LogP) is 0.738. The van der Waals surface area contributed by atoms with Gasteiger partial charge in [-0.05, 0) is 63.8 Å². The summed E-state index contributed by atoms with van der Waals surface area (Å²) in [5, 5.41) is 20.8. The molecule has 0 atom stereocenters. The highest BCUT2D eigenvalue weighted by Crippen LogP contribution is 2.20. The molecule has 2 saturated heterocycles. The Morgan fingerprint density at radius 1 is 1.19 bits per heavy atom. The first-order valence-electron chi connectivity index (χ1n) is 9.80. The van der Waals surface area contributed by atoms with E-state index >= 15 is 0 Å². The first kappa shape index (κ1) is 19.6. The Morgan fingerprint density at radius 2 is 1.85 bits per heavy atom. The number of anilines is 1. The van der Waals surface area contributed by atoms with E-state index in [1.807, 2.05) is 0 Å². The molecule has 0 spiro atoms. The number of carbonyl (C=O) groups is 1. The Balaban J connectivity index is 1.60. The molecule has 2 fully saturated rings. The van der Waals surface area contributed by atoms with Crippen LogP contribution in [0.4, 0.5) is 5.82 Å². The van der Waals surface area contributed by atoms with Crippen LogP contribution in [0.5, 0.6) is 5.88 Å². The summed E-state index contributed by atoms with van der Waals surface area (Å²) >= 11 is 0. The van der Waals surface area contributed by atoms with Gasteiger partial charge < -0.3 is 26.0 Å². The number of piperidine rings is 2. The molecule has 3 rings (SSSR count). The monoisotopic (exact) mass is 374 g/mol. The number of aromatic nitrogens is 1. The van der Waals surface area contributed by atoms with Crippen LogP contribution in [0.2, 0.25) is 0 Å². The average Bonchev–Trinajstić information content (AvgIpc) is 2.73. The van der Waals surface area contributed by atoms with Crippen LogP contribution < -0.4 is 26.0 Å². The van der Waals surface area contributed by atoms with Gasteiger partial charge in [-0.3, -0.25) is 10.2 Å². The van der Waals surface area contributed by atoms with Crippen molar-refractivity contribution in [2.45, 2.75) is 31.7 Å². The van der Waals surface area contributed by atoms with Crippen molar-refractivity contribution in [2.75, 3.05) is 45.2 Å². The third kappa shape index (κ3) is 5.40. The van der Waals surface area contributed by atoms with Gasteiger partial charge in [0.1, 0.15) is 11.5 Å². The lowest BCUT2D eigenvalue weighted by atomic mass is 9.99. The lowest BCUT2D eigenvalue weighted by Crippen LogP contribution is -2.45. The van der Waals surface area contributed by atoms with Gasteiger partial charge in [-0.25, -0.2) is 0 Å². The van der Waals surface area contributed by atoms with Crippen molar-refractivity contribution in [1.82, 2.24) is 20.9 Å². The molecule has 27 heavy (non-hydrogen) atoms. The quantitative estimate of drug-likeness (QED) is 0.450. The van der Waals surface area contributed by atoms with Gasteiger partial charge in [-0.2, -0.15) is 4.98 Å². The molecule has 0 aromatic carbocycles. The summed E-state index contributed by atoms with van der Waals surface area (Å²) in [4.78, 5) is 16.9. The smallest absolute Gasteiger partial charge is 0.270 e. The van der Waals surface area contributed by atoms with Gasteiger partial charge in [-0.15, -0.1) is 0 Å². The van der Waals surface area contributed by atoms with Crippen molar-refractivity contribution in [3.63, 3.8) is 0 Å². The molecule has 8 heteroatoms. The van der Waals surface area contributed by atoms with Crippen LogP contribution in [0.1, 0.15) is 31.2 Å². The number of hydrogen-bond donors (Lipinski definition) is 5. The molecule has 0 unspecified atom stereocenters. The summed E-state index contributed by atoms with van der Waals surface area (Å²) < 4.78 is 5.85. The minimum atomic E-state index is -0.358. The van der Waals surface area contributed by atoms with Crippen molar-refractivity contribution in [2.24, 2.45) is 5.92 Å². The second-order valence-corrected chi connectivity index (χ2v) is 7.17. The van der Waals surface area contributed by atoms with Gasteiger partial charge in [0.15, 0.2) is 0 Å². The van der Waals surface area contributed by atoms with Crippen molar-refractivity contribution in [1.29, 1.82) is 5.41 Å². The largest absolute Gasteiger partial charge is 0.477 e. The van der Waals surface area contributed by atoms with Crippen LogP contribution in [0.25, 0.3) is 0 Å². The highest BCUT2D eigenvalue weighted by Gasteiger charge is 2.22. The number of hydrogen-bond acceptors (Lipinski definition) is 7. The first-order chi connectivity index (χ1) is 13.2. The van der Waals surface area contributed by atoms with E-state index in [1.165, 1.54) is 0 Å². The standard InChI is InChI=1S/C19H30N6O2/c1-21-18-15(17(20)19(26)24-14-6-10-23-11-7-14)2-3-16(25-18)27-12-13-4-8-22-9-5-13/h2-3,13-14,20,22-23H,4-12H2,1H3,(H,21,25)(H,24,26). The van der Waals surface area contributed by atoms with Crippen LogP contribution >= 0.6 is 0 Å². The molecule has 148 valence electrons. The third-order valence-electron chi connectivity index (χ3n) is 5.20. The van der Waals surface area contributed by atoms with E-state index in [9.17, 15) is 4.79 Å². The topological polar surface area (TPSA) is 111 Å². The summed E-state index contributed by atoms with van der Waals surface area (Å²) in [5.74, 6) is 1.19. The fraction of sp³-hybridized carbons (Fsp3) is 0.632. The molecular formula is C19H30N6O2. The van der Waals surface area contributed by atoms with Crippen molar-refractivity contribution in [3.8, 4) is 5.88 Å². The zero-order chi connectivity index (χ0) is 19.1. The van der Waals surface area contributed by atoms with Gasteiger partial charge in [-0.1, -0.05) is 0 Å². The minimum absolute atomic E-state index is 0.0738. The Bertz CT molecular complexity index is 654. The van der Waals surface area contributed by atoms with E-state index in [4.69, 9.17) is 10.1 Å². The van der Waals surface area contributed by atoms with Gasteiger partial charge in [0.2, 0.25) is 5.88 Å². The van der Waals surface area contributed by atoms with Crippen LogP contribution in [0.3, 0.4) is 0 Å². The third-order valence-corrected chi connectivity index (χ3v) is 5.20. The normalized spacial score (nSPS) is 18.7. The maximum atomic E-state index is 12.4. The Kier molecular flexibility index (Phi) is 7.00. The summed E-state index contributed by atoms with van der Waals surface area (Å²) in [6, 6.07) is 3.60. The number of amides is 1. The molecule has 0 radical (unpaired) electrons. The van der Waals surface area contributed by atoms with E-state index < -0.39 is 0 Å². The predicted molar refractivity (Wildman–Crippen MR) is 106 cm³/mol. The highest BCUT2D eigenvalue weighted by atomic mass is 16.5. The van der Waals surface area contributed by atoms with E-state index in [-0.39, 0.29) is 17.7 Å².